The average molecular weight is 448 g/mol. The maximum absolute atomic E-state index is 13.1. The number of aromatic nitrogens is 2. The van der Waals surface area contributed by atoms with Crippen LogP contribution in [0.1, 0.15) is 24.1 Å². The van der Waals surface area contributed by atoms with Crippen molar-refractivity contribution < 1.29 is 22.7 Å². The Morgan fingerprint density at radius 2 is 2.16 bits per heavy atom. The fourth-order valence-corrected chi connectivity index (χ4v) is 5.15. The van der Waals surface area contributed by atoms with Crippen molar-refractivity contribution in [2.24, 2.45) is 0 Å². The number of allylic oxidation sites excluding steroid dienone is 1. The Kier molecular flexibility index (Phi) is 8.00. The number of imidazole rings is 1. The van der Waals surface area contributed by atoms with Crippen LogP contribution in [0.5, 0.6) is 0 Å². The third-order valence-corrected chi connectivity index (χ3v) is 6.71. The van der Waals surface area contributed by atoms with E-state index in [4.69, 9.17) is 9.47 Å². The number of sulfone groups is 1. The van der Waals surface area contributed by atoms with Gasteiger partial charge in [0.2, 0.25) is 20.9 Å². The Morgan fingerprint density at radius 3 is 2.81 bits per heavy atom. The van der Waals surface area contributed by atoms with Crippen LogP contribution in [-0.4, -0.2) is 61.7 Å². The van der Waals surface area contributed by atoms with Gasteiger partial charge in [-0.1, -0.05) is 36.4 Å². The number of benzene rings is 1. The molecule has 2 heterocycles. The van der Waals surface area contributed by atoms with Gasteiger partial charge < -0.3 is 18.9 Å². The molecule has 0 bridgehead atoms. The van der Waals surface area contributed by atoms with Gasteiger partial charge in [0.15, 0.2) is 0 Å². The van der Waals surface area contributed by atoms with Crippen LogP contribution >= 0.6 is 0 Å². The highest BCUT2D eigenvalue weighted by Crippen LogP contribution is 2.20. The molecule has 0 unspecified atom stereocenters. The van der Waals surface area contributed by atoms with Crippen molar-refractivity contribution in [1.29, 1.82) is 0 Å². The molecule has 31 heavy (non-hydrogen) atoms. The summed E-state index contributed by atoms with van der Waals surface area (Å²) in [4.78, 5) is 18.5. The second-order valence-corrected chi connectivity index (χ2v) is 9.40. The Labute approximate surface area is 183 Å². The van der Waals surface area contributed by atoms with Crippen molar-refractivity contribution in [3.05, 3.63) is 60.4 Å². The van der Waals surface area contributed by atoms with Gasteiger partial charge in [-0.05, 0) is 18.4 Å². The molecule has 1 aliphatic rings. The first kappa shape index (κ1) is 23.2. The molecule has 1 aromatic heterocycles. The molecule has 0 aliphatic carbocycles. The van der Waals surface area contributed by atoms with Crippen molar-refractivity contribution in [2.45, 2.75) is 42.9 Å². The lowest BCUT2D eigenvalue weighted by atomic mass is 10.2. The zero-order valence-electron chi connectivity index (χ0n) is 17.8. The molecule has 1 saturated heterocycles. The fraction of sp³-hybridized carbons (Fsp3) is 0.455. The standard InChI is InChI=1S/C22H29N3O5S/c1-3-11-25-19(14-24(21(26)16-29-2)15-20-10-7-12-30-20)13-23-22(25)31(27,28)17-18-8-5-4-6-9-18/h3-6,8-9,13,20H,1,7,10-12,14-17H2,2H3/t20-/m1/s1. The number of carbonyl (C=O) groups excluding carboxylic acids is 1. The third-order valence-electron chi connectivity index (χ3n) is 5.11. The third kappa shape index (κ3) is 6.03. The average Bonchev–Trinajstić information content (AvgIpc) is 3.39. The highest BCUT2D eigenvalue weighted by molar-refractivity contribution is 7.90. The molecule has 0 spiro atoms. The first-order chi connectivity index (χ1) is 14.9. The van der Waals surface area contributed by atoms with Crippen molar-refractivity contribution in [2.75, 3.05) is 26.9 Å². The molecule has 1 aliphatic heterocycles. The molecule has 1 fully saturated rings. The molecule has 168 valence electrons. The van der Waals surface area contributed by atoms with Crippen LogP contribution in [0, 0.1) is 0 Å². The van der Waals surface area contributed by atoms with Crippen LogP contribution in [-0.2, 0) is 42.9 Å². The van der Waals surface area contributed by atoms with Gasteiger partial charge in [0, 0.05) is 26.8 Å². The molecular weight excluding hydrogens is 418 g/mol. The Balaban J connectivity index is 1.86. The van der Waals surface area contributed by atoms with E-state index in [0.29, 0.717) is 24.4 Å². The van der Waals surface area contributed by atoms with Crippen LogP contribution in [0.3, 0.4) is 0 Å². The van der Waals surface area contributed by atoms with Gasteiger partial charge in [-0.15, -0.1) is 6.58 Å². The van der Waals surface area contributed by atoms with E-state index in [-0.39, 0.29) is 42.6 Å². The number of methoxy groups -OCH3 is 1. The summed E-state index contributed by atoms with van der Waals surface area (Å²) < 4.78 is 38.5. The van der Waals surface area contributed by atoms with Crippen LogP contribution in [0.25, 0.3) is 0 Å². The second-order valence-electron chi connectivity index (χ2n) is 7.52. The zero-order valence-corrected chi connectivity index (χ0v) is 18.6. The minimum absolute atomic E-state index is 0.0255. The summed E-state index contributed by atoms with van der Waals surface area (Å²) in [6, 6.07) is 8.98. The Hall–Kier alpha value is -2.49. The quantitative estimate of drug-likeness (QED) is 0.491. The number of carbonyl (C=O) groups is 1. The summed E-state index contributed by atoms with van der Waals surface area (Å²) in [6.07, 6.45) is 4.96. The number of hydrogen-bond donors (Lipinski definition) is 0. The van der Waals surface area contributed by atoms with E-state index in [1.165, 1.54) is 13.3 Å². The van der Waals surface area contributed by atoms with Gasteiger partial charge in [-0.3, -0.25) is 4.79 Å². The Morgan fingerprint density at radius 1 is 1.39 bits per heavy atom. The number of ether oxygens (including phenoxy) is 2. The van der Waals surface area contributed by atoms with Crippen LogP contribution in [0.2, 0.25) is 0 Å². The van der Waals surface area contributed by atoms with Crippen LogP contribution < -0.4 is 0 Å². The van der Waals surface area contributed by atoms with E-state index in [1.54, 1.807) is 39.8 Å². The predicted octanol–water partition coefficient (Wildman–Crippen LogP) is 2.20. The minimum atomic E-state index is -3.68. The molecule has 3 rings (SSSR count). The van der Waals surface area contributed by atoms with Gasteiger partial charge in [0.05, 0.1) is 30.3 Å². The predicted molar refractivity (Wildman–Crippen MR) is 116 cm³/mol. The first-order valence-electron chi connectivity index (χ1n) is 10.2. The first-order valence-corrected chi connectivity index (χ1v) is 11.9. The zero-order chi connectivity index (χ0) is 22.3. The number of hydrogen-bond acceptors (Lipinski definition) is 6. The van der Waals surface area contributed by atoms with E-state index in [0.717, 1.165) is 12.8 Å². The monoisotopic (exact) mass is 447 g/mol. The van der Waals surface area contributed by atoms with Gasteiger partial charge >= 0.3 is 0 Å². The lowest BCUT2D eigenvalue weighted by Crippen LogP contribution is -2.39. The summed E-state index contributed by atoms with van der Waals surface area (Å²) in [5.74, 6) is -0.332. The topological polar surface area (TPSA) is 90.7 Å². The minimum Gasteiger partial charge on any atom is -0.376 e. The molecule has 2 aromatic rings. The summed E-state index contributed by atoms with van der Waals surface area (Å²) in [5, 5.41) is -0.0255. The van der Waals surface area contributed by atoms with Crippen LogP contribution in [0.4, 0.5) is 0 Å². The van der Waals surface area contributed by atoms with Gasteiger partial charge in [0.1, 0.15) is 6.61 Å². The van der Waals surface area contributed by atoms with E-state index < -0.39 is 9.84 Å². The maximum Gasteiger partial charge on any atom is 0.248 e. The normalized spacial score (nSPS) is 16.4. The van der Waals surface area contributed by atoms with Gasteiger partial charge in [-0.25, -0.2) is 13.4 Å². The fourth-order valence-electron chi connectivity index (χ4n) is 3.65. The van der Waals surface area contributed by atoms with E-state index in [2.05, 4.69) is 11.6 Å². The lowest BCUT2D eigenvalue weighted by Gasteiger charge is -2.25. The molecule has 1 atom stereocenters. The summed E-state index contributed by atoms with van der Waals surface area (Å²) in [5.41, 5.74) is 1.31. The molecular formula is C22H29N3O5S. The number of nitrogens with zero attached hydrogens (tertiary/aromatic N) is 3. The van der Waals surface area contributed by atoms with E-state index >= 15 is 0 Å². The summed E-state index contributed by atoms with van der Waals surface area (Å²) >= 11 is 0. The Bertz CT molecular complexity index is 982. The molecule has 1 amide bonds. The largest absolute Gasteiger partial charge is 0.376 e. The van der Waals surface area contributed by atoms with E-state index in [9.17, 15) is 13.2 Å². The molecule has 1 aromatic carbocycles. The SMILES string of the molecule is C=CCn1c(CN(C[C@H]2CCCO2)C(=O)COC)cnc1S(=O)(=O)Cc1ccccc1. The molecule has 0 N–H and O–H groups in total. The highest BCUT2D eigenvalue weighted by Gasteiger charge is 2.27. The summed E-state index contributed by atoms with van der Waals surface area (Å²) in [7, 11) is -2.21. The highest BCUT2D eigenvalue weighted by atomic mass is 32.2. The van der Waals surface area contributed by atoms with Crippen LogP contribution in [0.15, 0.2) is 54.3 Å². The van der Waals surface area contributed by atoms with Gasteiger partial charge in [0.25, 0.3) is 0 Å². The molecule has 8 nitrogen and oxygen atoms in total. The second kappa shape index (κ2) is 10.7. The van der Waals surface area contributed by atoms with E-state index in [1.807, 2.05) is 6.07 Å². The smallest absolute Gasteiger partial charge is 0.248 e. The number of rotatable bonds is 11. The van der Waals surface area contributed by atoms with Crippen molar-refractivity contribution in [3.63, 3.8) is 0 Å². The molecule has 9 heteroatoms. The maximum atomic E-state index is 13.1. The number of amides is 1. The van der Waals surface area contributed by atoms with Crippen molar-refractivity contribution in [3.8, 4) is 0 Å². The van der Waals surface area contributed by atoms with Crippen molar-refractivity contribution >= 4 is 15.7 Å². The van der Waals surface area contributed by atoms with Crippen molar-refractivity contribution in [1.82, 2.24) is 14.5 Å². The summed E-state index contributed by atoms with van der Waals surface area (Å²) in [6.45, 7) is 5.29. The lowest BCUT2D eigenvalue weighted by molar-refractivity contribution is -0.137. The molecule has 0 radical (unpaired) electrons. The molecule has 0 saturated carbocycles. The van der Waals surface area contributed by atoms with Gasteiger partial charge in [-0.2, -0.15) is 0 Å².